The highest BCUT2D eigenvalue weighted by molar-refractivity contribution is 7.45. The molecule has 0 aromatic heterocycles. The van der Waals surface area contributed by atoms with E-state index in [1.54, 1.807) is 6.08 Å². The first-order chi connectivity index (χ1) is 26.0. The van der Waals surface area contributed by atoms with E-state index in [1.807, 2.05) is 27.2 Å². The number of carbonyl (C=O) groups excluding carboxylic acids is 1. The van der Waals surface area contributed by atoms with E-state index >= 15 is 0 Å². The highest BCUT2D eigenvalue weighted by Gasteiger charge is 2.23. The van der Waals surface area contributed by atoms with Gasteiger partial charge < -0.3 is 28.8 Å². The predicted octanol–water partition coefficient (Wildman–Crippen LogP) is 11.7. The Bertz CT molecular complexity index is 980. The van der Waals surface area contributed by atoms with Gasteiger partial charge in [-0.3, -0.25) is 9.36 Å². The van der Waals surface area contributed by atoms with Crippen LogP contribution in [0.5, 0.6) is 0 Å². The summed E-state index contributed by atoms with van der Waals surface area (Å²) in [4.78, 5) is 25.3. The van der Waals surface area contributed by atoms with Crippen molar-refractivity contribution in [2.24, 2.45) is 0 Å². The third kappa shape index (κ3) is 39.0. The number of rotatable bonds is 40. The standard InChI is InChI=1S/C45H87N2O6P/c1-6-8-10-12-14-16-18-20-21-22-23-24-25-27-29-31-33-35-37-39-45(49)46-43(42-53-54(50,51)52-41-40-47(3,4)5)44(48)38-36-34-32-30-28-26-19-17-15-13-11-9-7-2/h14,16,20-21,36,38,43-44,48H,6-13,15,17-19,22-35,37,39-42H2,1-5H3,(H-,46,49,50,51)/b16-14-,21-20-,38-36+. The topological polar surface area (TPSA) is 108 Å². The van der Waals surface area contributed by atoms with Gasteiger partial charge in [-0.05, 0) is 51.4 Å². The molecule has 3 atom stereocenters. The quantitative estimate of drug-likeness (QED) is 0.0277. The van der Waals surface area contributed by atoms with Crippen molar-refractivity contribution in [3.05, 3.63) is 36.5 Å². The van der Waals surface area contributed by atoms with Gasteiger partial charge in [0.15, 0.2) is 0 Å². The van der Waals surface area contributed by atoms with Gasteiger partial charge in [-0.2, -0.15) is 0 Å². The Kier molecular flexibility index (Phi) is 36.4. The van der Waals surface area contributed by atoms with Gasteiger partial charge in [-0.15, -0.1) is 0 Å². The molecule has 0 radical (unpaired) electrons. The highest BCUT2D eigenvalue weighted by atomic mass is 31.2. The molecular weight excluding hydrogens is 695 g/mol. The van der Waals surface area contributed by atoms with Crippen LogP contribution in [0.4, 0.5) is 0 Å². The third-order valence-electron chi connectivity index (χ3n) is 9.84. The maximum atomic E-state index is 12.8. The number of phosphoric ester groups is 1. The summed E-state index contributed by atoms with van der Waals surface area (Å²) in [5.41, 5.74) is 0. The van der Waals surface area contributed by atoms with Crippen molar-refractivity contribution < 1.29 is 32.9 Å². The lowest BCUT2D eigenvalue weighted by molar-refractivity contribution is -0.870. The molecule has 0 saturated carbocycles. The number of aliphatic hydroxyl groups is 1. The molecule has 0 aliphatic rings. The fourth-order valence-corrected chi connectivity index (χ4v) is 6.96. The summed E-state index contributed by atoms with van der Waals surface area (Å²) in [6.07, 6.45) is 44.6. The van der Waals surface area contributed by atoms with Crippen LogP contribution in [0.3, 0.4) is 0 Å². The molecule has 0 fully saturated rings. The van der Waals surface area contributed by atoms with Gasteiger partial charge in [0, 0.05) is 6.42 Å². The van der Waals surface area contributed by atoms with Gasteiger partial charge >= 0.3 is 0 Å². The molecule has 54 heavy (non-hydrogen) atoms. The molecule has 0 rings (SSSR count). The van der Waals surface area contributed by atoms with E-state index in [0.717, 1.165) is 44.9 Å². The second-order valence-electron chi connectivity index (χ2n) is 16.4. The second kappa shape index (κ2) is 37.3. The van der Waals surface area contributed by atoms with Gasteiger partial charge in [0.05, 0.1) is 39.9 Å². The Morgan fingerprint density at radius 3 is 1.57 bits per heavy atom. The number of phosphoric acid groups is 1. The number of allylic oxidation sites excluding steroid dienone is 5. The zero-order valence-corrected chi connectivity index (χ0v) is 36.8. The summed E-state index contributed by atoms with van der Waals surface area (Å²) in [6, 6.07) is -0.886. The van der Waals surface area contributed by atoms with Crippen molar-refractivity contribution in [2.45, 2.75) is 206 Å². The lowest BCUT2D eigenvalue weighted by Gasteiger charge is -2.29. The van der Waals surface area contributed by atoms with E-state index in [-0.39, 0.29) is 19.1 Å². The minimum absolute atomic E-state index is 0.00209. The smallest absolute Gasteiger partial charge is 0.268 e. The summed E-state index contributed by atoms with van der Waals surface area (Å²) >= 11 is 0. The number of unbranched alkanes of at least 4 members (excludes halogenated alkanes) is 23. The molecule has 0 aromatic carbocycles. The zero-order chi connectivity index (χ0) is 40.0. The maximum absolute atomic E-state index is 12.8. The minimum atomic E-state index is -4.58. The third-order valence-corrected chi connectivity index (χ3v) is 10.8. The number of nitrogens with zero attached hydrogens (tertiary/aromatic N) is 1. The molecule has 0 heterocycles. The van der Waals surface area contributed by atoms with Crippen molar-refractivity contribution in [1.29, 1.82) is 0 Å². The van der Waals surface area contributed by atoms with Crippen LogP contribution < -0.4 is 10.2 Å². The molecule has 1 amide bonds. The van der Waals surface area contributed by atoms with Crippen LogP contribution in [0.15, 0.2) is 36.5 Å². The normalized spacial score (nSPS) is 14.7. The van der Waals surface area contributed by atoms with Crippen molar-refractivity contribution in [3.63, 3.8) is 0 Å². The Labute approximate surface area is 334 Å². The van der Waals surface area contributed by atoms with Crippen molar-refractivity contribution in [1.82, 2.24) is 5.32 Å². The molecule has 0 aliphatic heterocycles. The average Bonchev–Trinajstić information content (AvgIpc) is 3.12. The predicted molar refractivity (Wildman–Crippen MR) is 228 cm³/mol. The summed E-state index contributed by atoms with van der Waals surface area (Å²) in [7, 11) is 1.26. The summed E-state index contributed by atoms with van der Waals surface area (Å²) < 4.78 is 23.2. The Morgan fingerprint density at radius 1 is 0.648 bits per heavy atom. The summed E-state index contributed by atoms with van der Waals surface area (Å²) in [5.74, 6) is -0.204. The number of nitrogens with one attached hydrogen (secondary N) is 1. The Balaban J connectivity index is 4.39. The van der Waals surface area contributed by atoms with Crippen LogP contribution in [0.25, 0.3) is 0 Å². The lowest BCUT2D eigenvalue weighted by Crippen LogP contribution is -2.45. The van der Waals surface area contributed by atoms with Gasteiger partial charge in [0.2, 0.25) is 5.91 Å². The Morgan fingerprint density at radius 2 is 1.07 bits per heavy atom. The van der Waals surface area contributed by atoms with Crippen LogP contribution in [-0.4, -0.2) is 68.5 Å². The first-order valence-corrected chi connectivity index (χ1v) is 23.8. The van der Waals surface area contributed by atoms with Crippen molar-refractivity contribution in [2.75, 3.05) is 40.9 Å². The molecule has 0 spiro atoms. The number of amides is 1. The van der Waals surface area contributed by atoms with Crippen molar-refractivity contribution >= 4 is 13.7 Å². The number of aliphatic hydroxyl groups excluding tert-OH is 1. The van der Waals surface area contributed by atoms with Crippen LogP contribution in [0.2, 0.25) is 0 Å². The molecule has 3 unspecified atom stereocenters. The fraction of sp³-hybridized carbons (Fsp3) is 0.844. The largest absolute Gasteiger partial charge is 0.756 e. The van der Waals surface area contributed by atoms with Crippen molar-refractivity contribution in [3.8, 4) is 0 Å². The zero-order valence-electron chi connectivity index (χ0n) is 35.9. The molecule has 0 saturated heterocycles. The number of carbonyl (C=O) groups is 1. The van der Waals surface area contributed by atoms with E-state index in [4.69, 9.17) is 9.05 Å². The number of quaternary nitrogens is 1. The molecule has 0 aliphatic carbocycles. The molecule has 0 bridgehead atoms. The number of hydrogen-bond donors (Lipinski definition) is 2. The fourth-order valence-electron chi connectivity index (χ4n) is 6.24. The molecular formula is C45H87N2O6P. The summed E-state index contributed by atoms with van der Waals surface area (Å²) in [6.45, 7) is 4.61. The monoisotopic (exact) mass is 783 g/mol. The lowest BCUT2D eigenvalue weighted by atomic mass is 10.0. The van der Waals surface area contributed by atoms with Gasteiger partial charge in [0.25, 0.3) is 7.82 Å². The first kappa shape index (κ1) is 52.7. The Hall–Kier alpha value is -1.28. The average molecular weight is 783 g/mol. The summed E-state index contributed by atoms with van der Waals surface area (Å²) in [5, 5.41) is 13.8. The minimum Gasteiger partial charge on any atom is -0.756 e. The van der Waals surface area contributed by atoms with E-state index in [9.17, 15) is 19.4 Å². The van der Waals surface area contributed by atoms with Crippen LogP contribution >= 0.6 is 7.82 Å². The molecule has 318 valence electrons. The maximum Gasteiger partial charge on any atom is 0.268 e. The SMILES string of the molecule is CCCCC/C=C\C/C=C\CCCCCCCCCCCC(=O)NC(COP(=O)([O-])OCC[N+](C)(C)C)C(O)/C=C/CCCCCCCCCCCCC. The number of hydrogen-bond acceptors (Lipinski definition) is 6. The molecule has 8 nitrogen and oxygen atoms in total. The molecule has 9 heteroatoms. The van der Waals surface area contributed by atoms with E-state index in [0.29, 0.717) is 17.4 Å². The molecule has 2 N–H and O–H groups in total. The first-order valence-electron chi connectivity index (χ1n) is 22.4. The molecule has 0 aromatic rings. The number of likely N-dealkylation sites (N-methyl/N-ethyl adjacent to an activating group) is 1. The van der Waals surface area contributed by atoms with Gasteiger partial charge in [-0.25, -0.2) is 0 Å². The van der Waals surface area contributed by atoms with Crippen LogP contribution in [0, 0.1) is 0 Å². The van der Waals surface area contributed by atoms with E-state index in [1.165, 1.54) is 128 Å². The second-order valence-corrected chi connectivity index (χ2v) is 17.8. The highest BCUT2D eigenvalue weighted by Crippen LogP contribution is 2.38. The van der Waals surface area contributed by atoms with Gasteiger partial charge in [-0.1, -0.05) is 172 Å². The van der Waals surface area contributed by atoms with E-state index < -0.39 is 20.0 Å². The van der Waals surface area contributed by atoms with Crippen LogP contribution in [0.1, 0.15) is 194 Å². The van der Waals surface area contributed by atoms with Gasteiger partial charge in [0.1, 0.15) is 13.2 Å². The van der Waals surface area contributed by atoms with E-state index in [2.05, 4.69) is 43.5 Å². The van der Waals surface area contributed by atoms with Crippen LogP contribution in [-0.2, 0) is 18.4 Å².